The summed E-state index contributed by atoms with van der Waals surface area (Å²) in [4.78, 5) is 12.5. The maximum absolute atomic E-state index is 12.7. The molecular formula is C16H19F3O2. The van der Waals surface area contributed by atoms with E-state index < -0.39 is 17.3 Å². The summed E-state index contributed by atoms with van der Waals surface area (Å²) in [5, 5.41) is 0. The highest BCUT2D eigenvalue weighted by Crippen LogP contribution is 2.35. The first kappa shape index (κ1) is 16.0. The first-order valence-electron chi connectivity index (χ1n) is 7.21. The van der Waals surface area contributed by atoms with Gasteiger partial charge in [-0.3, -0.25) is 4.79 Å². The van der Waals surface area contributed by atoms with Crippen LogP contribution in [0, 0.1) is 0 Å². The molecule has 2 nitrogen and oxygen atoms in total. The summed E-state index contributed by atoms with van der Waals surface area (Å²) in [6.45, 7) is 2.27. The molecule has 0 aromatic heterocycles. The van der Waals surface area contributed by atoms with Crippen LogP contribution < -0.4 is 0 Å². The largest absolute Gasteiger partial charge is 0.416 e. The number of rotatable bonds is 5. The molecular weight excluding hydrogens is 281 g/mol. The zero-order chi connectivity index (χ0) is 15.5. The Bertz CT molecular complexity index is 502. The number of ether oxygens (including phenoxy) is 1. The summed E-state index contributed by atoms with van der Waals surface area (Å²) in [5.74, 6) is -0.110. The molecule has 0 unspecified atom stereocenters. The van der Waals surface area contributed by atoms with Gasteiger partial charge in [-0.15, -0.1) is 0 Å². The SMILES string of the molecule is CCOC1(C(=O)Cc2cccc(C(F)(F)F)c2)CCCC1. The van der Waals surface area contributed by atoms with Crippen LogP contribution in [-0.4, -0.2) is 18.0 Å². The van der Waals surface area contributed by atoms with Crippen molar-refractivity contribution in [1.29, 1.82) is 0 Å². The monoisotopic (exact) mass is 300 g/mol. The molecule has 0 bridgehead atoms. The minimum atomic E-state index is -4.38. The molecule has 1 aromatic rings. The van der Waals surface area contributed by atoms with E-state index in [-0.39, 0.29) is 12.2 Å². The van der Waals surface area contributed by atoms with E-state index >= 15 is 0 Å². The van der Waals surface area contributed by atoms with Crippen LogP contribution in [-0.2, 0) is 22.1 Å². The smallest absolute Gasteiger partial charge is 0.367 e. The Balaban J connectivity index is 2.15. The molecule has 1 fully saturated rings. The van der Waals surface area contributed by atoms with E-state index in [1.807, 2.05) is 6.92 Å². The third-order valence-electron chi connectivity index (χ3n) is 3.96. The lowest BCUT2D eigenvalue weighted by molar-refractivity contribution is -0.143. The minimum absolute atomic E-state index is 0.0100. The van der Waals surface area contributed by atoms with Gasteiger partial charge in [-0.25, -0.2) is 0 Å². The van der Waals surface area contributed by atoms with Crippen molar-refractivity contribution in [2.75, 3.05) is 6.61 Å². The van der Waals surface area contributed by atoms with Gasteiger partial charge in [0.25, 0.3) is 0 Å². The van der Waals surface area contributed by atoms with Crippen molar-refractivity contribution in [3.8, 4) is 0 Å². The number of halogens is 3. The molecule has 21 heavy (non-hydrogen) atoms. The maximum atomic E-state index is 12.7. The average molecular weight is 300 g/mol. The van der Waals surface area contributed by atoms with Gasteiger partial charge in [-0.1, -0.05) is 18.2 Å². The highest BCUT2D eigenvalue weighted by atomic mass is 19.4. The number of hydrogen-bond acceptors (Lipinski definition) is 2. The summed E-state index contributed by atoms with van der Waals surface area (Å²) in [6, 6.07) is 4.96. The molecule has 0 spiro atoms. The Morgan fingerprint density at radius 3 is 2.52 bits per heavy atom. The van der Waals surface area contributed by atoms with Gasteiger partial charge in [0, 0.05) is 13.0 Å². The highest BCUT2D eigenvalue weighted by molar-refractivity contribution is 5.89. The van der Waals surface area contributed by atoms with Crippen LogP contribution in [0.3, 0.4) is 0 Å². The number of ketones is 1. The van der Waals surface area contributed by atoms with Crippen LogP contribution in [0.25, 0.3) is 0 Å². The first-order chi connectivity index (χ1) is 9.87. The number of Topliss-reactive ketones (excluding diaryl/α,β-unsaturated/α-hetero) is 1. The molecule has 0 heterocycles. The van der Waals surface area contributed by atoms with Crippen LogP contribution in [0.15, 0.2) is 24.3 Å². The fourth-order valence-corrected chi connectivity index (χ4v) is 2.93. The molecule has 116 valence electrons. The topological polar surface area (TPSA) is 26.3 Å². The number of hydrogen-bond donors (Lipinski definition) is 0. The zero-order valence-electron chi connectivity index (χ0n) is 12.0. The Morgan fingerprint density at radius 1 is 1.29 bits per heavy atom. The zero-order valence-corrected chi connectivity index (χ0v) is 12.0. The third-order valence-corrected chi connectivity index (χ3v) is 3.96. The average Bonchev–Trinajstić information content (AvgIpc) is 2.88. The quantitative estimate of drug-likeness (QED) is 0.816. The Morgan fingerprint density at radius 2 is 1.95 bits per heavy atom. The van der Waals surface area contributed by atoms with Crippen molar-refractivity contribution < 1.29 is 22.7 Å². The standard InChI is InChI=1S/C16H19F3O2/c1-2-21-15(8-3-4-9-15)14(20)11-12-6-5-7-13(10-12)16(17,18)19/h5-7,10H,2-4,8-9,11H2,1H3. The van der Waals surface area contributed by atoms with E-state index in [4.69, 9.17) is 4.74 Å². The second-order valence-electron chi connectivity index (χ2n) is 5.43. The van der Waals surface area contributed by atoms with Gasteiger partial charge in [0.1, 0.15) is 5.60 Å². The predicted molar refractivity (Wildman–Crippen MR) is 73.0 cm³/mol. The number of benzene rings is 1. The Labute approximate surface area is 122 Å². The van der Waals surface area contributed by atoms with Crippen molar-refractivity contribution in [3.05, 3.63) is 35.4 Å². The number of alkyl halides is 3. The van der Waals surface area contributed by atoms with Crippen molar-refractivity contribution in [2.45, 2.75) is 50.8 Å². The third kappa shape index (κ3) is 3.64. The molecule has 1 aliphatic rings. The molecule has 0 atom stereocenters. The molecule has 5 heteroatoms. The van der Waals surface area contributed by atoms with Gasteiger partial charge in [0.05, 0.1) is 5.56 Å². The van der Waals surface area contributed by atoms with Crippen LogP contribution in [0.2, 0.25) is 0 Å². The predicted octanol–water partition coefficient (Wildman–Crippen LogP) is 4.17. The molecule has 2 rings (SSSR count). The lowest BCUT2D eigenvalue weighted by Crippen LogP contribution is -2.40. The summed E-state index contributed by atoms with van der Waals surface area (Å²) < 4.78 is 43.7. The van der Waals surface area contributed by atoms with E-state index in [9.17, 15) is 18.0 Å². The van der Waals surface area contributed by atoms with E-state index in [1.54, 1.807) is 6.07 Å². The van der Waals surface area contributed by atoms with E-state index in [2.05, 4.69) is 0 Å². The van der Waals surface area contributed by atoms with Crippen molar-refractivity contribution >= 4 is 5.78 Å². The summed E-state index contributed by atoms with van der Waals surface area (Å²) in [7, 11) is 0. The molecule has 0 N–H and O–H groups in total. The summed E-state index contributed by atoms with van der Waals surface area (Å²) >= 11 is 0. The van der Waals surface area contributed by atoms with Crippen molar-refractivity contribution in [1.82, 2.24) is 0 Å². The lowest BCUT2D eigenvalue weighted by atomic mass is 9.91. The second kappa shape index (κ2) is 6.18. The Kier molecular flexibility index (Phi) is 4.71. The number of carbonyl (C=O) groups excluding carboxylic acids is 1. The fraction of sp³-hybridized carbons (Fsp3) is 0.562. The molecule has 1 aliphatic carbocycles. The normalized spacial score (nSPS) is 17.9. The van der Waals surface area contributed by atoms with Gasteiger partial charge in [0.15, 0.2) is 5.78 Å². The minimum Gasteiger partial charge on any atom is -0.367 e. The molecule has 1 saturated carbocycles. The van der Waals surface area contributed by atoms with Crippen LogP contribution in [0.4, 0.5) is 13.2 Å². The summed E-state index contributed by atoms with van der Waals surface area (Å²) in [5.41, 5.74) is -1.12. The Hall–Kier alpha value is -1.36. The molecule has 0 radical (unpaired) electrons. The molecule has 1 aromatic carbocycles. The van der Waals surface area contributed by atoms with Gasteiger partial charge in [-0.2, -0.15) is 13.2 Å². The lowest BCUT2D eigenvalue weighted by Gasteiger charge is -2.27. The van der Waals surface area contributed by atoms with Gasteiger partial charge >= 0.3 is 6.18 Å². The first-order valence-corrected chi connectivity index (χ1v) is 7.21. The molecule has 0 saturated heterocycles. The maximum Gasteiger partial charge on any atom is 0.416 e. The second-order valence-corrected chi connectivity index (χ2v) is 5.43. The number of carbonyl (C=O) groups is 1. The molecule has 0 aliphatic heterocycles. The van der Waals surface area contributed by atoms with E-state index in [0.29, 0.717) is 25.0 Å². The van der Waals surface area contributed by atoms with Gasteiger partial charge in [-0.05, 0) is 44.2 Å². The van der Waals surface area contributed by atoms with Crippen LogP contribution in [0.5, 0.6) is 0 Å². The van der Waals surface area contributed by atoms with Crippen molar-refractivity contribution in [3.63, 3.8) is 0 Å². The van der Waals surface area contributed by atoms with E-state index in [1.165, 1.54) is 6.07 Å². The van der Waals surface area contributed by atoms with Crippen molar-refractivity contribution in [2.24, 2.45) is 0 Å². The van der Waals surface area contributed by atoms with Gasteiger partial charge < -0.3 is 4.74 Å². The van der Waals surface area contributed by atoms with Crippen LogP contribution >= 0.6 is 0 Å². The fourth-order valence-electron chi connectivity index (χ4n) is 2.93. The van der Waals surface area contributed by atoms with Gasteiger partial charge in [0.2, 0.25) is 0 Å². The molecule has 0 amide bonds. The van der Waals surface area contributed by atoms with E-state index in [0.717, 1.165) is 25.0 Å². The van der Waals surface area contributed by atoms with Crippen LogP contribution in [0.1, 0.15) is 43.7 Å². The summed E-state index contributed by atoms with van der Waals surface area (Å²) in [6.07, 6.45) is -1.21. The highest BCUT2D eigenvalue weighted by Gasteiger charge is 2.41.